The lowest BCUT2D eigenvalue weighted by atomic mass is 9.99. The van der Waals surface area contributed by atoms with Crippen molar-refractivity contribution in [3.05, 3.63) is 41.5 Å². The Morgan fingerprint density at radius 2 is 2.08 bits per heavy atom. The number of alkyl halides is 1. The Hall–Kier alpha value is -0.310. The molecule has 0 N–H and O–H groups in total. The molecule has 0 aromatic heterocycles. The fraction of sp³-hybridized carbons (Fsp3) is 0.273. The second kappa shape index (κ2) is 3.21. The lowest BCUT2D eigenvalue weighted by Gasteiger charge is -2.12. The minimum absolute atomic E-state index is 0.627. The molecule has 0 fully saturated rings. The number of hydrogen-bond donors (Lipinski definition) is 0. The molecule has 0 unspecified atom stereocenters. The predicted molar refractivity (Wildman–Crippen MR) is 61.7 cm³/mol. The van der Waals surface area contributed by atoms with Crippen LogP contribution >= 0.6 is 22.6 Å². The number of halogens is 1. The average molecular weight is 270 g/mol. The summed E-state index contributed by atoms with van der Waals surface area (Å²) >= 11 is 2.49. The van der Waals surface area contributed by atoms with Gasteiger partial charge in [0.15, 0.2) is 0 Å². The molecule has 0 amide bonds. The Morgan fingerprint density at radius 3 is 2.83 bits per heavy atom. The van der Waals surface area contributed by atoms with E-state index < -0.39 is 0 Å². The largest absolute Gasteiger partial charge is 0.0819 e. The summed E-state index contributed by atoms with van der Waals surface area (Å²) in [5.74, 6) is 0.627. The zero-order valence-corrected chi connectivity index (χ0v) is 9.15. The maximum absolute atomic E-state index is 2.49. The Bertz CT molecular complexity index is 313. The van der Waals surface area contributed by atoms with E-state index in [1.165, 1.54) is 11.1 Å². The molecule has 1 aliphatic rings. The molecule has 0 heterocycles. The lowest BCUT2D eigenvalue weighted by Crippen LogP contribution is -2.03. The monoisotopic (exact) mass is 270 g/mol. The van der Waals surface area contributed by atoms with Crippen LogP contribution in [0.4, 0.5) is 0 Å². The molecule has 1 aromatic carbocycles. The SMILES string of the molecule is C[C@H](I)[C@@H]1C=Cc2ccccc21. The van der Waals surface area contributed by atoms with Crippen LogP contribution < -0.4 is 0 Å². The third-order valence-corrected chi connectivity index (χ3v) is 3.11. The fourth-order valence-electron chi connectivity index (χ4n) is 1.68. The minimum atomic E-state index is 0.627. The van der Waals surface area contributed by atoms with Gasteiger partial charge in [-0.2, -0.15) is 0 Å². The molecule has 0 radical (unpaired) electrons. The molecular formula is C11H11I. The van der Waals surface area contributed by atoms with Gasteiger partial charge >= 0.3 is 0 Å². The van der Waals surface area contributed by atoms with Crippen LogP contribution in [-0.2, 0) is 0 Å². The molecular weight excluding hydrogens is 259 g/mol. The van der Waals surface area contributed by atoms with Crippen LogP contribution in [0.3, 0.4) is 0 Å². The molecule has 0 nitrogen and oxygen atoms in total. The molecule has 0 aliphatic heterocycles. The van der Waals surface area contributed by atoms with Gasteiger partial charge in [0.2, 0.25) is 0 Å². The molecule has 62 valence electrons. The first kappa shape index (κ1) is 8.30. The van der Waals surface area contributed by atoms with Crippen molar-refractivity contribution in [1.29, 1.82) is 0 Å². The summed E-state index contributed by atoms with van der Waals surface area (Å²) in [4.78, 5) is 0. The Kier molecular flexibility index (Phi) is 2.22. The van der Waals surface area contributed by atoms with Gasteiger partial charge < -0.3 is 0 Å². The van der Waals surface area contributed by atoms with E-state index in [-0.39, 0.29) is 0 Å². The smallest absolute Gasteiger partial charge is 0.0185 e. The minimum Gasteiger partial charge on any atom is -0.0819 e. The van der Waals surface area contributed by atoms with Crippen molar-refractivity contribution < 1.29 is 0 Å². The van der Waals surface area contributed by atoms with Crippen molar-refractivity contribution in [3.63, 3.8) is 0 Å². The van der Waals surface area contributed by atoms with Crippen molar-refractivity contribution in [2.45, 2.75) is 16.8 Å². The molecule has 0 spiro atoms. The van der Waals surface area contributed by atoms with E-state index in [0.717, 1.165) is 0 Å². The molecule has 0 saturated carbocycles. The normalized spacial score (nSPS) is 22.3. The maximum Gasteiger partial charge on any atom is 0.0185 e. The van der Waals surface area contributed by atoms with Gasteiger partial charge in [-0.15, -0.1) is 0 Å². The summed E-state index contributed by atoms with van der Waals surface area (Å²) in [6.45, 7) is 2.26. The molecule has 0 bridgehead atoms. The van der Waals surface area contributed by atoms with Crippen LogP contribution in [0.5, 0.6) is 0 Å². The summed E-state index contributed by atoms with van der Waals surface area (Å²) < 4.78 is 0.683. The lowest BCUT2D eigenvalue weighted by molar-refractivity contribution is 0.866. The van der Waals surface area contributed by atoms with E-state index in [4.69, 9.17) is 0 Å². The molecule has 2 rings (SSSR count). The summed E-state index contributed by atoms with van der Waals surface area (Å²) in [7, 11) is 0. The first-order chi connectivity index (χ1) is 5.79. The molecule has 12 heavy (non-hydrogen) atoms. The van der Waals surface area contributed by atoms with E-state index in [2.05, 4.69) is 65.9 Å². The predicted octanol–water partition coefficient (Wildman–Crippen LogP) is 3.62. The van der Waals surface area contributed by atoms with E-state index in [1.807, 2.05) is 0 Å². The third kappa shape index (κ3) is 1.30. The number of hydrogen-bond acceptors (Lipinski definition) is 0. The van der Waals surface area contributed by atoms with Gasteiger partial charge in [-0.1, -0.05) is 65.9 Å². The second-order valence-corrected chi connectivity index (χ2v) is 5.16. The van der Waals surface area contributed by atoms with Crippen molar-refractivity contribution in [2.24, 2.45) is 0 Å². The summed E-state index contributed by atoms with van der Waals surface area (Å²) in [6.07, 6.45) is 4.54. The van der Waals surface area contributed by atoms with Crippen molar-refractivity contribution >= 4 is 28.7 Å². The van der Waals surface area contributed by atoms with Crippen LogP contribution in [0.1, 0.15) is 24.0 Å². The highest BCUT2D eigenvalue weighted by Crippen LogP contribution is 2.35. The van der Waals surface area contributed by atoms with Gasteiger partial charge in [0.05, 0.1) is 0 Å². The van der Waals surface area contributed by atoms with E-state index in [1.54, 1.807) is 0 Å². The van der Waals surface area contributed by atoms with Gasteiger partial charge in [0.1, 0.15) is 0 Å². The second-order valence-electron chi connectivity index (χ2n) is 3.19. The number of fused-ring (bicyclic) bond motifs is 1. The summed E-state index contributed by atoms with van der Waals surface area (Å²) in [5.41, 5.74) is 2.88. The first-order valence-electron chi connectivity index (χ1n) is 4.20. The fourth-order valence-corrected chi connectivity index (χ4v) is 2.30. The van der Waals surface area contributed by atoms with Gasteiger partial charge in [0, 0.05) is 9.84 Å². The average Bonchev–Trinajstić information content (AvgIpc) is 2.47. The van der Waals surface area contributed by atoms with Crippen LogP contribution in [0.2, 0.25) is 0 Å². The van der Waals surface area contributed by atoms with E-state index in [0.29, 0.717) is 9.84 Å². The highest BCUT2D eigenvalue weighted by molar-refractivity contribution is 14.1. The van der Waals surface area contributed by atoms with E-state index >= 15 is 0 Å². The standard InChI is InChI=1S/C11H11I/c1-8(12)10-7-6-9-4-2-3-5-11(9)10/h2-8,10H,1H3/t8-,10-/m0/s1. The molecule has 1 heteroatoms. The van der Waals surface area contributed by atoms with Crippen LogP contribution in [-0.4, -0.2) is 3.92 Å². The van der Waals surface area contributed by atoms with Gasteiger partial charge in [-0.25, -0.2) is 0 Å². The quantitative estimate of drug-likeness (QED) is 0.540. The third-order valence-electron chi connectivity index (χ3n) is 2.33. The highest BCUT2D eigenvalue weighted by Gasteiger charge is 2.19. The highest BCUT2D eigenvalue weighted by atomic mass is 127. The number of allylic oxidation sites excluding steroid dienone is 1. The van der Waals surface area contributed by atoms with Gasteiger partial charge in [-0.3, -0.25) is 0 Å². The summed E-state index contributed by atoms with van der Waals surface area (Å²) in [6, 6.07) is 8.64. The Morgan fingerprint density at radius 1 is 1.33 bits per heavy atom. The van der Waals surface area contributed by atoms with Crippen molar-refractivity contribution in [3.8, 4) is 0 Å². The molecule has 0 saturated heterocycles. The van der Waals surface area contributed by atoms with Gasteiger partial charge in [-0.05, 0) is 11.1 Å². The Labute approximate surface area is 86.8 Å². The zero-order valence-electron chi connectivity index (χ0n) is 7.00. The number of rotatable bonds is 1. The first-order valence-corrected chi connectivity index (χ1v) is 5.45. The topological polar surface area (TPSA) is 0 Å². The van der Waals surface area contributed by atoms with Crippen LogP contribution in [0.25, 0.3) is 6.08 Å². The van der Waals surface area contributed by atoms with Crippen LogP contribution in [0, 0.1) is 0 Å². The molecule has 2 atom stereocenters. The summed E-state index contributed by atoms with van der Waals surface area (Å²) in [5, 5.41) is 0. The maximum atomic E-state index is 2.49. The molecule has 1 aromatic rings. The van der Waals surface area contributed by atoms with Crippen LogP contribution in [0.15, 0.2) is 30.3 Å². The van der Waals surface area contributed by atoms with Crippen molar-refractivity contribution in [2.75, 3.05) is 0 Å². The zero-order chi connectivity index (χ0) is 8.55. The van der Waals surface area contributed by atoms with E-state index in [9.17, 15) is 0 Å². The van der Waals surface area contributed by atoms with Crippen molar-refractivity contribution in [1.82, 2.24) is 0 Å². The Balaban J connectivity index is 2.42. The number of benzene rings is 1. The van der Waals surface area contributed by atoms with Gasteiger partial charge in [0.25, 0.3) is 0 Å². The molecule has 1 aliphatic carbocycles.